The van der Waals surface area contributed by atoms with E-state index in [1.54, 1.807) is 7.11 Å². The summed E-state index contributed by atoms with van der Waals surface area (Å²) < 4.78 is 5.40. The van der Waals surface area contributed by atoms with Crippen LogP contribution in [-0.4, -0.2) is 24.7 Å². The molecule has 0 aliphatic carbocycles. The van der Waals surface area contributed by atoms with Crippen LogP contribution in [0.15, 0.2) is 18.3 Å². The molecule has 1 aromatic heterocycles. The predicted molar refractivity (Wildman–Crippen MR) is 66.5 cm³/mol. The summed E-state index contributed by atoms with van der Waals surface area (Å²) in [6, 6.07) is 4.38. The number of aryl methyl sites for hydroxylation is 1. The molecule has 0 aromatic carbocycles. The first-order valence-corrected chi connectivity index (χ1v) is 5.87. The molecular weight excluding hydrogens is 200 g/mol. The van der Waals surface area contributed by atoms with Gasteiger partial charge in [0.05, 0.1) is 12.1 Å². The number of pyridine rings is 1. The fourth-order valence-electron chi connectivity index (χ4n) is 1.65. The molecule has 1 aromatic rings. The second kappa shape index (κ2) is 6.61. The van der Waals surface area contributed by atoms with Crippen molar-refractivity contribution in [3.63, 3.8) is 0 Å². The highest BCUT2D eigenvalue weighted by atomic mass is 16.5. The Bertz CT molecular complexity index is 297. The topological polar surface area (TPSA) is 34.2 Å². The van der Waals surface area contributed by atoms with E-state index in [0.717, 1.165) is 18.7 Å². The van der Waals surface area contributed by atoms with Crippen molar-refractivity contribution in [2.75, 3.05) is 13.7 Å². The van der Waals surface area contributed by atoms with E-state index in [0.29, 0.717) is 0 Å². The molecule has 2 atom stereocenters. The fraction of sp³-hybridized carbons (Fsp3) is 0.615. The van der Waals surface area contributed by atoms with Crippen LogP contribution in [0.5, 0.6) is 0 Å². The first-order valence-electron chi connectivity index (χ1n) is 5.87. The molecule has 0 saturated carbocycles. The van der Waals surface area contributed by atoms with E-state index in [2.05, 4.69) is 30.2 Å². The van der Waals surface area contributed by atoms with Gasteiger partial charge >= 0.3 is 0 Å². The van der Waals surface area contributed by atoms with Crippen molar-refractivity contribution in [2.24, 2.45) is 0 Å². The van der Waals surface area contributed by atoms with Crippen LogP contribution in [-0.2, 0) is 4.74 Å². The summed E-state index contributed by atoms with van der Waals surface area (Å²) in [5.74, 6) is 0. The van der Waals surface area contributed by atoms with Crippen LogP contribution in [0.2, 0.25) is 0 Å². The molecule has 3 nitrogen and oxygen atoms in total. The molecule has 0 saturated heterocycles. The third-order valence-electron chi connectivity index (χ3n) is 2.75. The van der Waals surface area contributed by atoms with E-state index in [1.807, 2.05) is 19.2 Å². The number of aromatic nitrogens is 1. The zero-order valence-corrected chi connectivity index (χ0v) is 10.7. The molecule has 2 unspecified atom stereocenters. The van der Waals surface area contributed by atoms with Gasteiger partial charge in [-0.15, -0.1) is 0 Å². The van der Waals surface area contributed by atoms with Crippen LogP contribution in [0.4, 0.5) is 0 Å². The molecule has 1 rings (SSSR count). The normalized spacial score (nSPS) is 14.8. The number of ether oxygens (including phenoxy) is 1. The quantitative estimate of drug-likeness (QED) is 0.803. The number of methoxy groups -OCH3 is 1. The Kier molecular flexibility index (Phi) is 5.43. The summed E-state index contributed by atoms with van der Waals surface area (Å²) in [4.78, 5) is 4.33. The number of nitrogens with zero attached hydrogens (tertiary/aromatic N) is 1. The van der Waals surface area contributed by atoms with Gasteiger partial charge in [-0.05, 0) is 38.4 Å². The number of hydrogen-bond donors (Lipinski definition) is 1. The van der Waals surface area contributed by atoms with E-state index in [9.17, 15) is 0 Å². The maximum absolute atomic E-state index is 5.40. The number of rotatable bonds is 6. The smallest absolute Gasteiger partial charge is 0.0738 e. The Hall–Kier alpha value is -0.930. The lowest BCUT2D eigenvalue weighted by molar-refractivity contribution is 0.0829. The summed E-state index contributed by atoms with van der Waals surface area (Å²) in [6.07, 6.45) is 3.20. The Labute approximate surface area is 98.2 Å². The van der Waals surface area contributed by atoms with Crippen molar-refractivity contribution in [2.45, 2.75) is 39.3 Å². The first kappa shape index (κ1) is 13.1. The van der Waals surface area contributed by atoms with Gasteiger partial charge in [0, 0.05) is 19.0 Å². The van der Waals surface area contributed by atoms with Crippen LogP contribution in [0.1, 0.15) is 37.6 Å². The van der Waals surface area contributed by atoms with Gasteiger partial charge in [-0.2, -0.15) is 0 Å². The SMILES string of the molecule is CCCNC(c1ccc(C)nc1)C(C)OC. The summed E-state index contributed by atoms with van der Waals surface area (Å²) in [6.45, 7) is 7.23. The molecule has 0 bridgehead atoms. The zero-order valence-electron chi connectivity index (χ0n) is 10.7. The van der Waals surface area contributed by atoms with Gasteiger partial charge in [0.15, 0.2) is 0 Å². The third-order valence-corrected chi connectivity index (χ3v) is 2.75. The lowest BCUT2D eigenvalue weighted by atomic mass is 10.0. The van der Waals surface area contributed by atoms with E-state index >= 15 is 0 Å². The van der Waals surface area contributed by atoms with Gasteiger partial charge in [-0.3, -0.25) is 4.98 Å². The molecule has 1 N–H and O–H groups in total. The minimum atomic E-state index is 0.149. The summed E-state index contributed by atoms with van der Waals surface area (Å²) in [7, 11) is 1.74. The average Bonchev–Trinajstić information content (AvgIpc) is 2.31. The first-order chi connectivity index (χ1) is 7.69. The molecule has 0 aliphatic heterocycles. The predicted octanol–water partition coefficient (Wildman–Crippen LogP) is 2.47. The van der Waals surface area contributed by atoms with Gasteiger partial charge in [0.2, 0.25) is 0 Å². The Morgan fingerprint density at radius 1 is 1.44 bits per heavy atom. The van der Waals surface area contributed by atoms with Crippen LogP contribution in [0, 0.1) is 6.92 Å². The van der Waals surface area contributed by atoms with Gasteiger partial charge in [-0.25, -0.2) is 0 Å². The third kappa shape index (κ3) is 3.58. The van der Waals surface area contributed by atoms with Gasteiger partial charge in [0.1, 0.15) is 0 Å². The summed E-state index contributed by atoms with van der Waals surface area (Å²) >= 11 is 0. The molecule has 3 heteroatoms. The lowest BCUT2D eigenvalue weighted by Gasteiger charge is -2.24. The maximum Gasteiger partial charge on any atom is 0.0738 e. The lowest BCUT2D eigenvalue weighted by Crippen LogP contribution is -2.32. The Morgan fingerprint density at radius 3 is 2.69 bits per heavy atom. The van der Waals surface area contributed by atoms with E-state index < -0.39 is 0 Å². The zero-order chi connectivity index (χ0) is 12.0. The van der Waals surface area contributed by atoms with E-state index in [-0.39, 0.29) is 12.1 Å². The highest BCUT2D eigenvalue weighted by Crippen LogP contribution is 2.18. The van der Waals surface area contributed by atoms with E-state index in [1.165, 1.54) is 5.56 Å². The van der Waals surface area contributed by atoms with Crippen molar-refractivity contribution < 1.29 is 4.74 Å². The van der Waals surface area contributed by atoms with Crippen LogP contribution >= 0.6 is 0 Å². The van der Waals surface area contributed by atoms with Gasteiger partial charge in [0.25, 0.3) is 0 Å². The van der Waals surface area contributed by atoms with Crippen LogP contribution in [0.3, 0.4) is 0 Å². The average molecular weight is 222 g/mol. The monoisotopic (exact) mass is 222 g/mol. The van der Waals surface area contributed by atoms with Crippen molar-refractivity contribution in [1.29, 1.82) is 0 Å². The molecule has 0 spiro atoms. The number of nitrogens with one attached hydrogen (secondary N) is 1. The standard InChI is InChI=1S/C13H22N2O/c1-5-8-14-13(11(3)16-4)12-7-6-10(2)15-9-12/h6-7,9,11,13-14H,5,8H2,1-4H3. The van der Waals surface area contributed by atoms with Crippen LogP contribution in [0.25, 0.3) is 0 Å². The highest BCUT2D eigenvalue weighted by Gasteiger charge is 2.18. The summed E-state index contributed by atoms with van der Waals surface area (Å²) in [5, 5.41) is 3.49. The molecule has 16 heavy (non-hydrogen) atoms. The van der Waals surface area contributed by atoms with E-state index in [4.69, 9.17) is 4.74 Å². The fourth-order valence-corrected chi connectivity index (χ4v) is 1.65. The second-order valence-corrected chi connectivity index (χ2v) is 4.11. The molecule has 0 aliphatic rings. The molecule has 90 valence electrons. The second-order valence-electron chi connectivity index (χ2n) is 4.11. The highest BCUT2D eigenvalue weighted by molar-refractivity contribution is 5.18. The summed E-state index contributed by atoms with van der Waals surface area (Å²) in [5.41, 5.74) is 2.23. The molecule has 1 heterocycles. The van der Waals surface area contributed by atoms with Gasteiger partial charge in [-0.1, -0.05) is 13.0 Å². The maximum atomic E-state index is 5.40. The minimum absolute atomic E-state index is 0.149. The molecule has 0 fully saturated rings. The minimum Gasteiger partial charge on any atom is -0.380 e. The number of hydrogen-bond acceptors (Lipinski definition) is 3. The van der Waals surface area contributed by atoms with Crippen molar-refractivity contribution in [3.05, 3.63) is 29.6 Å². The van der Waals surface area contributed by atoms with Crippen LogP contribution < -0.4 is 5.32 Å². The van der Waals surface area contributed by atoms with Crippen molar-refractivity contribution in [1.82, 2.24) is 10.3 Å². The molecule has 0 amide bonds. The Balaban J connectivity index is 2.78. The molecule has 0 radical (unpaired) electrons. The Morgan fingerprint density at radius 2 is 2.19 bits per heavy atom. The van der Waals surface area contributed by atoms with Crippen molar-refractivity contribution in [3.8, 4) is 0 Å². The molecular formula is C13H22N2O. The van der Waals surface area contributed by atoms with Crippen molar-refractivity contribution >= 4 is 0 Å². The van der Waals surface area contributed by atoms with Gasteiger partial charge < -0.3 is 10.1 Å². The largest absolute Gasteiger partial charge is 0.380 e.